The quantitative estimate of drug-likeness (QED) is 0.486. The summed E-state index contributed by atoms with van der Waals surface area (Å²) in [4.78, 5) is 18.0. The number of hydrogen-bond donors (Lipinski definition) is 2. The summed E-state index contributed by atoms with van der Waals surface area (Å²) in [7, 11) is 1.82. The SMILES string of the molecule is CC1NN(c2ccccc2)C=C1c1ccc2ncc3c(c2c1)n(C1CCC(O)CC1)c(=O)n3C. The lowest BCUT2D eigenvalue weighted by Gasteiger charge is -2.26. The third-order valence-electron chi connectivity index (χ3n) is 7.38. The van der Waals surface area contributed by atoms with Gasteiger partial charge in [-0.05, 0) is 68.0 Å². The van der Waals surface area contributed by atoms with Crippen molar-refractivity contribution in [1.29, 1.82) is 0 Å². The third-order valence-corrected chi connectivity index (χ3v) is 7.38. The van der Waals surface area contributed by atoms with E-state index in [2.05, 4.69) is 58.9 Å². The number of pyridine rings is 1. The summed E-state index contributed by atoms with van der Waals surface area (Å²) in [5.41, 5.74) is 9.57. The number of aryl methyl sites for hydroxylation is 1. The number of aromatic nitrogens is 3. The summed E-state index contributed by atoms with van der Waals surface area (Å²) in [6.45, 7) is 2.16. The summed E-state index contributed by atoms with van der Waals surface area (Å²) < 4.78 is 3.66. The molecule has 1 saturated carbocycles. The normalized spacial score (nSPS) is 23.1. The predicted molar refractivity (Wildman–Crippen MR) is 135 cm³/mol. The van der Waals surface area contributed by atoms with E-state index >= 15 is 0 Å². The second-order valence-corrected chi connectivity index (χ2v) is 9.54. The van der Waals surface area contributed by atoms with Gasteiger partial charge in [0.05, 0.1) is 40.6 Å². The fourth-order valence-electron chi connectivity index (χ4n) is 5.49. The zero-order valence-electron chi connectivity index (χ0n) is 19.5. The van der Waals surface area contributed by atoms with Crippen LogP contribution in [0.3, 0.4) is 0 Å². The van der Waals surface area contributed by atoms with Crippen molar-refractivity contribution >= 4 is 33.2 Å². The van der Waals surface area contributed by atoms with Gasteiger partial charge >= 0.3 is 5.69 Å². The van der Waals surface area contributed by atoms with Crippen LogP contribution in [0.25, 0.3) is 27.5 Å². The van der Waals surface area contributed by atoms with E-state index in [-0.39, 0.29) is 23.9 Å². The van der Waals surface area contributed by atoms with Gasteiger partial charge in [-0.2, -0.15) is 0 Å². The minimum atomic E-state index is -0.261. The molecule has 34 heavy (non-hydrogen) atoms. The second-order valence-electron chi connectivity index (χ2n) is 9.54. The Morgan fingerprint density at radius 1 is 1.06 bits per heavy atom. The van der Waals surface area contributed by atoms with E-state index in [4.69, 9.17) is 0 Å². The van der Waals surface area contributed by atoms with Gasteiger partial charge < -0.3 is 5.11 Å². The van der Waals surface area contributed by atoms with E-state index in [1.54, 1.807) is 4.57 Å². The number of rotatable bonds is 3. The summed E-state index contributed by atoms with van der Waals surface area (Å²) in [5, 5.41) is 13.1. The van der Waals surface area contributed by atoms with Gasteiger partial charge in [0.1, 0.15) is 0 Å². The van der Waals surface area contributed by atoms with Crippen LogP contribution < -0.4 is 16.1 Å². The van der Waals surface area contributed by atoms with Crippen molar-refractivity contribution in [2.75, 3.05) is 5.01 Å². The van der Waals surface area contributed by atoms with Crippen LogP contribution in [0.4, 0.5) is 5.69 Å². The smallest absolute Gasteiger partial charge is 0.329 e. The molecule has 2 aromatic carbocycles. The molecular weight excluding hydrogens is 426 g/mol. The number of aliphatic hydroxyl groups is 1. The lowest BCUT2D eigenvalue weighted by molar-refractivity contribution is 0.111. The number of nitrogens with zero attached hydrogens (tertiary/aromatic N) is 4. The fourth-order valence-corrected chi connectivity index (χ4v) is 5.49. The Hall–Kier alpha value is -3.42. The molecule has 3 heterocycles. The standard InChI is InChI=1S/C27H29N5O2/c1-17-23(16-31(29-17)19-6-4-3-5-7-19)18-8-13-24-22(14-18)26-25(15-28-24)30(2)27(34)32(26)20-9-11-21(33)12-10-20/h3-8,13-17,20-21,29,33H,9-12H2,1-2H3. The van der Waals surface area contributed by atoms with Crippen LogP contribution >= 0.6 is 0 Å². The van der Waals surface area contributed by atoms with Crippen LogP contribution in [0.2, 0.25) is 0 Å². The average Bonchev–Trinajstić information content (AvgIpc) is 3.37. The molecule has 4 aromatic rings. The maximum atomic E-state index is 13.3. The molecule has 0 radical (unpaired) electrons. The summed E-state index contributed by atoms with van der Waals surface area (Å²) in [6, 6.07) is 16.8. The zero-order valence-corrected chi connectivity index (χ0v) is 19.5. The Morgan fingerprint density at radius 3 is 2.59 bits per heavy atom. The topological polar surface area (TPSA) is 75.3 Å². The van der Waals surface area contributed by atoms with Gasteiger partial charge in [0, 0.05) is 24.7 Å². The first kappa shape index (κ1) is 21.1. The molecule has 1 unspecified atom stereocenters. The molecule has 0 bridgehead atoms. The number of benzene rings is 2. The van der Waals surface area contributed by atoms with Crippen molar-refractivity contribution in [3.8, 4) is 0 Å². The first-order chi connectivity index (χ1) is 16.5. The van der Waals surface area contributed by atoms with Crippen LogP contribution in [-0.2, 0) is 7.05 Å². The van der Waals surface area contributed by atoms with E-state index in [0.29, 0.717) is 0 Å². The van der Waals surface area contributed by atoms with Crippen molar-refractivity contribution in [3.05, 3.63) is 77.0 Å². The molecule has 1 aliphatic carbocycles. The third kappa shape index (κ3) is 3.35. The first-order valence-corrected chi connectivity index (χ1v) is 12.0. The molecule has 174 valence electrons. The Balaban J connectivity index is 1.50. The minimum Gasteiger partial charge on any atom is -0.393 e. The van der Waals surface area contributed by atoms with Crippen molar-refractivity contribution in [1.82, 2.24) is 19.5 Å². The van der Waals surface area contributed by atoms with Gasteiger partial charge in [-0.15, -0.1) is 0 Å². The van der Waals surface area contributed by atoms with E-state index in [1.165, 1.54) is 5.57 Å². The van der Waals surface area contributed by atoms with Gasteiger partial charge in [0.15, 0.2) is 0 Å². The molecule has 7 nitrogen and oxygen atoms in total. The van der Waals surface area contributed by atoms with Crippen molar-refractivity contribution in [3.63, 3.8) is 0 Å². The van der Waals surface area contributed by atoms with Crippen LogP contribution in [0, 0.1) is 0 Å². The molecule has 1 fully saturated rings. The van der Waals surface area contributed by atoms with Gasteiger partial charge in [-0.1, -0.05) is 24.3 Å². The van der Waals surface area contributed by atoms with Crippen molar-refractivity contribution in [2.24, 2.45) is 7.05 Å². The van der Waals surface area contributed by atoms with E-state index < -0.39 is 0 Å². The van der Waals surface area contributed by atoms with E-state index in [9.17, 15) is 9.90 Å². The maximum absolute atomic E-state index is 13.3. The van der Waals surface area contributed by atoms with E-state index in [1.807, 2.05) is 36.0 Å². The molecule has 0 amide bonds. The molecule has 0 saturated heterocycles. The number of aliphatic hydroxyl groups excluding tert-OH is 1. The number of fused-ring (bicyclic) bond motifs is 3. The highest BCUT2D eigenvalue weighted by Gasteiger charge is 2.27. The maximum Gasteiger partial charge on any atom is 0.329 e. The van der Waals surface area contributed by atoms with Gasteiger partial charge in [0.2, 0.25) is 0 Å². The Morgan fingerprint density at radius 2 is 1.82 bits per heavy atom. The van der Waals surface area contributed by atoms with Gasteiger partial charge in [-0.3, -0.25) is 19.1 Å². The number of nitrogens with one attached hydrogen (secondary N) is 1. The number of imidazole rings is 1. The van der Waals surface area contributed by atoms with Crippen LogP contribution in [-0.4, -0.2) is 31.4 Å². The highest BCUT2D eigenvalue weighted by atomic mass is 16.3. The Bertz CT molecular complexity index is 1460. The fraction of sp³-hybridized carbons (Fsp3) is 0.333. The average molecular weight is 456 g/mol. The van der Waals surface area contributed by atoms with Crippen LogP contribution in [0.15, 0.2) is 65.7 Å². The molecular formula is C27H29N5O2. The molecule has 7 heteroatoms. The molecule has 2 aromatic heterocycles. The number of hydrogen-bond acceptors (Lipinski definition) is 5. The molecule has 1 atom stereocenters. The summed E-state index contributed by atoms with van der Waals surface area (Å²) in [6.07, 6.45) is 6.77. The van der Waals surface area contributed by atoms with Crippen molar-refractivity contribution in [2.45, 2.75) is 50.8 Å². The lowest BCUT2D eigenvalue weighted by atomic mass is 9.92. The number of anilines is 1. The van der Waals surface area contributed by atoms with Gasteiger partial charge in [-0.25, -0.2) is 10.2 Å². The van der Waals surface area contributed by atoms with Crippen LogP contribution in [0.5, 0.6) is 0 Å². The number of para-hydroxylation sites is 1. The molecule has 0 spiro atoms. The molecule has 2 N–H and O–H groups in total. The predicted octanol–water partition coefficient (Wildman–Crippen LogP) is 4.12. The molecule has 6 rings (SSSR count). The second kappa shape index (κ2) is 8.11. The summed E-state index contributed by atoms with van der Waals surface area (Å²) >= 11 is 0. The summed E-state index contributed by atoms with van der Waals surface area (Å²) in [5.74, 6) is 0. The van der Waals surface area contributed by atoms with Gasteiger partial charge in [0.25, 0.3) is 0 Å². The zero-order chi connectivity index (χ0) is 23.4. The number of hydrazine groups is 1. The Labute approximate surface area is 197 Å². The van der Waals surface area contributed by atoms with E-state index in [0.717, 1.165) is 58.9 Å². The largest absolute Gasteiger partial charge is 0.393 e. The molecule has 1 aliphatic heterocycles. The monoisotopic (exact) mass is 455 g/mol. The molecule has 2 aliphatic rings. The van der Waals surface area contributed by atoms with Crippen LogP contribution in [0.1, 0.15) is 44.2 Å². The first-order valence-electron chi connectivity index (χ1n) is 12.0. The highest BCUT2D eigenvalue weighted by molar-refractivity contribution is 6.03. The highest BCUT2D eigenvalue weighted by Crippen LogP contribution is 2.35. The van der Waals surface area contributed by atoms with Crippen molar-refractivity contribution < 1.29 is 5.11 Å². The minimum absolute atomic E-state index is 0.0125. The lowest BCUT2D eigenvalue weighted by Crippen LogP contribution is -2.34. The Kier molecular flexibility index (Phi) is 5.04.